The van der Waals surface area contributed by atoms with E-state index in [1.165, 1.54) is 18.5 Å². The highest BCUT2D eigenvalue weighted by atomic mass is 32.1. The van der Waals surface area contributed by atoms with Crippen LogP contribution in [0.3, 0.4) is 0 Å². The van der Waals surface area contributed by atoms with Crippen LogP contribution in [-0.4, -0.2) is 49.7 Å². The molecule has 0 aliphatic carbocycles. The predicted octanol–water partition coefficient (Wildman–Crippen LogP) is 2.79. The number of guanidine groups is 1. The molecule has 1 fully saturated rings. The SMILES string of the molecule is COc1ccc(CN=C(N)NCC2CCN(Cc3csc(C)n3)CC2)cc1OC. The molecule has 2 aromatic rings. The minimum atomic E-state index is 0.486. The second-order valence-corrected chi connectivity index (χ2v) is 8.41. The van der Waals surface area contributed by atoms with Crippen LogP contribution in [-0.2, 0) is 13.1 Å². The number of piperidine rings is 1. The minimum absolute atomic E-state index is 0.486. The third kappa shape index (κ3) is 6.33. The molecule has 3 N–H and O–H groups in total. The summed E-state index contributed by atoms with van der Waals surface area (Å²) < 4.78 is 10.6. The Morgan fingerprint density at radius 1 is 1.28 bits per heavy atom. The molecule has 29 heavy (non-hydrogen) atoms. The molecule has 8 heteroatoms. The number of nitrogens with two attached hydrogens (primary N) is 1. The summed E-state index contributed by atoms with van der Waals surface area (Å²) in [6, 6.07) is 5.78. The number of nitrogens with zero attached hydrogens (tertiary/aromatic N) is 3. The quantitative estimate of drug-likeness (QED) is 0.507. The zero-order chi connectivity index (χ0) is 20.6. The highest BCUT2D eigenvalue weighted by Gasteiger charge is 2.19. The number of methoxy groups -OCH3 is 2. The second kappa shape index (κ2) is 10.5. The Hall–Kier alpha value is -2.32. The Kier molecular flexibility index (Phi) is 7.71. The molecule has 1 saturated heterocycles. The average molecular weight is 418 g/mol. The van der Waals surface area contributed by atoms with Gasteiger partial charge in [0.05, 0.1) is 31.5 Å². The lowest BCUT2D eigenvalue weighted by Gasteiger charge is -2.31. The van der Waals surface area contributed by atoms with Gasteiger partial charge in [-0.1, -0.05) is 6.07 Å². The molecule has 0 unspecified atom stereocenters. The molecule has 0 amide bonds. The van der Waals surface area contributed by atoms with Gasteiger partial charge in [-0.2, -0.15) is 0 Å². The molecule has 0 bridgehead atoms. The average Bonchev–Trinajstić information content (AvgIpc) is 3.16. The van der Waals surface area contributed by atoms with E-state index < -0.39 is 0 Å². The number of likely N-dealkylation sites (tertiary alicyclic amines) is 1. The fourth-order valence-corrected chi connectivity index (χ4v) is 4.12. The molecule has 0 atom stereocenters. The molecule has 7 nitrogen and oxygen atoms in total. The minimum Gasteiger partial charge on any atom is -0.493 e. The van der Waals surface area contributed by atoms with E-state index in [2.05, 4.69) is 32.5 Å². The first-order chi connectivity index (χ1) is 14.1. The first kappa shape index (κ1) is 21.4. The van der Waals surface area contributed by atoms with Crippen molar-refractivity contribution in [2.75, 3.05) is 33.9 Å². The van der Waals surface area contributed by atoms with Crippen molar-refractivity contribution in [1.29, 1.82) is 0 Å². The van der Waals surface area contributed by atoms with Crippen molar-refractivity contribution >= 4 is 17.3 Å². The maximum Gasteiger partial charge on any atom is 0.188 e. The number of aromatic nitrogens is 1. The fraction of sp³-hybridized carbons (Fsp3) is 0.524. The second-order valence-electron chi connectivity index (χ2n) is 7.35. The molecule has 1 aromatic heterocycles. The zero-order valence-corrected chi connectivity index (χ0v) is 18.3. The van der Waals surface area contributed by atoms with Crippen LogP contribution in [0.5, 0.6) is 11.5 Å². The van der Waals surface area contributed by atoms with Crippen LogP contribution < -0.4 is 20.5 Å². The lowest BCUT2D eigenvalue weighted by Crippen LogP contribution is -2.40. The van der Waals surface area contributed by atoms with E-state index >= 15 is 0 Å². The topological polar surface area (TPSA) is 85.0 Å². The number of benzene rings is 1. The van der Waals surface area contributed by atoms with E-state index in [4.69, 9.17) is 15.2 Å². The smallest absolute Gasteiger partial charge is 0.188 e. The van der Waals surface area contributed by atoms with Crippen molar-refractivity contribution in [2.24, 2.45) is 16.6 Å². The van der Waals surface area contributed by atoms with Crippen molar-refractivity contribution in [3.8, 4) is 11.5 Å². The maximum atomic E-state index is 6.06. The maximum absolute atomic E-state index is 6.06. The lowest BCUT2D eigenvalue weighted by molar-refractivity contribution is 0.176. The molecule has 1 aliphatic heterocycles. The number of rotatable bonds is 8. The summed E-state index contributed by atoms with van der Waals surface area (Å²) in [4.78, 5) is 11.5. The molecule has 0 saturated carbocycles. The largest absolute Gasteiger partial charge is 0.493 e. The summed E-state index contributed by atoms with van der Waals surface area (Å²) >= 11 is 1.72. The molecule has 0 radical (unpaired) electrons. The summed E-state index contributed by atoms with van der Waals surface area (Å²) in [7, 11) is 3.26. The van der Waals surface area contributed by atoms with Gasteiger partial charge in [0.15, 0.2) is 17.5 Å². The highest BCUT2D eigenvalue weighted by Crippen LogP contribution is 2.27. The first-order valence-corrected chi connectivity index (χ1v) is 10.8. The van der Waals surface area contributed by atoms with Crippen LogP contribution >= 0.6 is 11.3 Å². The number of hydrogen-bond donors (Lipinski definition) is 2. The van der Waals surface area contributed by atoms with Gasteiger partial charge in [0, 0.05) is 18.5 Å². The zero-order valence-electron chi connectivity index (χ0n) is 17.5. The van der Waals surface area contributed by atoms with Gasteiger partial charge < -0.3 is 20.5 Å². The van der Waals surface area contributed by atoms with Crippen LogP contribution in [0, 0.1) is 12.8 Å². The molecule has 2 heterocycles. The third-order valence-corrected chi connectivity index (χ3v) is 6.03. The number of ether oxygens (including phenoxy) is 2. The van der Waals surface area contributed by atoms with Crippen molar-refractivity contribution in [3.63, 3.8) is 0 Å². The normalized spacial score (nSPS) is 16.0. The number of thiazole rings is 1. The summed E-state index contributed by atoms with van der Waals surface area (Å²) in [5.74, 6) is 2.52. The summed E-state index contributed by atoms with van der Waals surface area (Å²) in [6.07, 6.45) is 2.33. The van der Waals surface area contributed by atoms with Crippen molar-refractivity contribution in [2.45, 2.75) is 32.9 Å². The number of aryl methyl sites for hydroxylation is 1. The van der Waals surface area contributed by atoms with Gasteiger partial charge in [-0.15, -0.1) is 11.3 Å². The number of nitrogens with one attached hydrogen (secondary N) is 1. The molecular weight excluding hydrogens is 386 g/mol. The summed E-state index contributed by atoms with van der Waals surface area (Å²) in [6.45, 7) is 6.59. The Morgan fingerprint density at radius 2 is 2.03 bits per heavy atom. The number of aliphatic imine (C=N–C) groups is 1. The van der Waals surface area contributed by atoms with Gasteiger partial charge in [0.1, 0.15) is 0 Å². The van der Waals surface area contributed by atoms with Gasteiger partial charge in [0.25, 0.3) is 0 Å². The Bertz CT molecular complexity index is 815. The predicted molar refractivity (Wildman–Crippen MR) is 118 cm³/mol. The molecule has 1 aliphatic rings. The molecular formula is C21H31N5O2S. The van der Waals surface area contributed by atoms with E-state index in [-0.39, 0.29) is 0 Å². The van der Waals surface area contributed by atoms with E-state index in [0.717, 1.165) is 36.8 Å². The van der Waals surface area contributed by atoms with Crippen LogP contribution in [0.1, 0.15) is 29.1 Å². The molecule has 3 rings (SSSR count). The standard InChI is InChI=1S/C21H31N5O2S/c1-15-25-18(14-29-15)13-26-8-6-16(7-9-26)11-23-21(22)24-12-17-4-5-19(27-2)20(10-17)28-3/h4-5,10,14,16H,6-9,11-13H2,1-3H3,(H3,22,23,24). The van der Waals surface area contributed by atoms with Gasteiger partial charge in [0.2, 0.25) is 0 Å². The van der Waals surface area contributed by atoms with E-state index in [1.54, 1.807) is 25.6 Å². The lowest BCUT2D eigenvalue weighted by atomic mass is 9.97. The van der Waals surface area contributed by atoms with Gasteiger partial charge in [-0.25, -0.2) is 9.98 Å². The van der Waals surface area contributed by atoms with Gasteiger partial charge >= 0.3 is 0 Å². The molecule has 158 valence electrons. The number of hydrogen-bond acceptors (Lipinski definition) is 6. The van der Waals surface area contributed by atoms with Crippen molar-refractivity contribution < 1.29 is 9.47 Å². The molecule has 0 spiro atoms. The van der Waals surface area contributed by atoms with E-state index in [1.807, 2.05) is 18.2 Å². The molecule has 1 aromatic carbocycles. The van der Waals surface area contributed by atoms with Gasteiger partial charge in [-0.3, -0.25) is 4.90 Å². The monoisotopic (exact) mass is 417 g/mol. The first-order valence-electron chi connectivity index (χ1n) is 9.95. The van der Waals surface area contributed by atoms with Crippen LogP contribution in [0.15, 0.2) is 28.6 Å². The third-order valence-electron chi connectivity index (χ3n) is 5.21. The van der Waals surface area contributed by atoms with Crippen LogP contribution in [0.25, 0.3) is 0 Å². The summed E-state index contributed by atoms with van der Waals surface area (Å²) in [5, 5.41) is 6.59. The van der Waals surface area contributed by atoms with E-state index in [0.29, 0.717) is 29.9 Å². The van der Waals surface area contributed by atoms with Gasteiger partial charge in [-0.05, 0) is 56.5 Å². The van der Waals surface area contributed by atoms with Crippen LogP contribution in [0.4, 0.5) is 0 Å². The Balaban J connectivity index is 1.40. The highest BCUT2D eigenvalue weighted by molar-refractivity contribution is 7.09. The Labute approximate surface area is 176 Å². The fourth-order valence-electron chi connectivity index (χ4n) is 3.52. The van der Waals surface area contributed by atoms with E-state index in [9.17, 15) is 0 Å². The van der Waals surface area contributed by atoms with Crippen molar-refractivity contribution in [3.05, 3.63) is 39.8 Å². The summed E-state index contributed by atoms with van der Waals surface area (Å²) in [5.41, 5.74) is 8.28. The Morgan fingerprint density at radius 3 is 2.69 bits per heavy atom. The van der Waals surface area contributed by atoms with Crippen LogP contribution in [0.2, 0.25) is 0 Å². The van der Waals surface area contributed by atoms with Crippen molar-refractivity contribution in [1.82, 2.24) is 15.2 Å².